The van der Waals surface area contributed by atoms with Gasteiger partial charge in [-0.15, -0.1) is 0 Å². The molecule has 3 unspecified atom stereocenters. The van der Waals surface area contributed by atoms with Gasteiger partial charge in [-0.1, -0.05) is 22.9 Å². The van der Waals surface area contributed by atoms with Crippen molar-refractivity contribution >= 4 is 21.6 Å². The second-order valence-electron chi connectivity index (χ2n) is 5.27. The normalized spacial score (nSPS) is 26.2. The summed E-state index contributed by atoms with van der Waals surface area (Å²) in [7, 11) is 0. The number of aliphatic hydroxyl groups excluding tert-OH is 1. The lowest BCUT2D eigenvalue weighted by molar-refractivity contribution is 0.0970. The first kappa shape index (κ1) is 13.8. The number of rotatable bonds is 2. The minimum atomic E-state index is -0.171. The van der Waals surface area contributed by atoms with Crippen molar-refractivity contribution in [2.75, 3.05) is 18.0 Å². The van der Waals surface area contributed by atoms with Gasteiger partial charge in [0.05, 0.1) is 6.10 Å². The average molecular weight is 313 g/mol. The van der Waals surface area contributed by atoms with Gasteiger partial charge in [0.1, 0.15) is 0 Å². The molecule has 1 heterocycles. The van der Waals surface area contributed by atoms with Crippen LogP contribution in [0.1, 0.15) is 31.9 Å². The predicted molar refractivity (Wildman–Crippen MR) is 78.7 cm³/mol. The molecule has 1 aromatic rings. The molecule has 1 aromatic carbocycles. The Morgan fingerprint density at radius 3 is 2.83 bits per heavy atom. The van der Waals surface area contributed by atoms with Gasteiger partial charge in [-0.05, 0) is 43.0 Å². The van der Waals surface area contributed by atoms with Crippen LogP contribution in [0.4, 0.5) is 5.69 Å². The van der Waals surface area contributed by atoms with Crippen molar-refractivity contribution in [3.63, 3.8) is 0 Å². The van der Waals surface area contributed by atoms with E-state index in [0.29, 0.717) is 5.92 Å². The topological polar surface area (TPSA) is 49.5 Å². The molecule has 3 atom stereocenters. The van der Waals surface area contributed by atoms with E-state index >= 15 is 0 Å². The molecule has 1 fully saturated rings. The van der Waals surface area contributed by atoms with Crippen LogP contribution in [0.3, 0.4) is 0 Å². The Morgan fingerprint density at radius 1 is 1.50 bits per heavy atom. The van der Waals surface area contributed by atoms with E-state index in [0.717, 1.165) is 29.5 Å². The monoisotopic (exact) mass is 312 g/mol. The molecular formula is C14H21BrN2O. The summed E-state index contributed by atoms with van der Waals surface area (Å²) in [6.45, 7) is 5.89. The molecule has 0 amide bonds. The molecule has 3 nitrogen and oxygen atoms in total. The highest BCUT2D eigenvalue weighted by atomic mass is 79.9. The van der Waals surface area contributed by atoms with Crippen molar-refractivity contribution < 1.29 is 5.11 Å². The van der Waals surface area contributed by atoms with E-state index in [1.807, 2.05) is 6.92 Å². The van der Waals surface area contributed by atoms with E-state index in [1.165, 1.54) is 5.69 Å². The number of hydrogen-bond acceptors (Lipinski definition) is 3. The lowest BCUT2D eigenvalue weighted by Crippen LogP contribution is -2.42. The summed E-state index contributed by atoms with van der Waals surface area (Å²) in [6, 6.07) is 6.28. The van der Waals surface area contributed by atoms with E-state index in [9.17, 15) is 5.11 Å². The molecule has 4 heteroatoms. The third kappa shape index (κ3) is 2.87. The molecular weight excluding hydrogens is 292 g/mol. The quantitative estimate of drug-likeness (QED) is 0.882. The number of nitrogens with two attached hydrogens (primary N) is 1. The number of aliphatic hydroxyl groups is 1. The minimum Gasteiger partial charge on any atom is -0.393 e. The van der Waals surface area contributed by atoms with E-state index in [4.69, 9.17) is 5.73 Å². The number of anilines is 1. The zero-order chi connectivity index (χ0) is 13.3. The Labute approximate surface area is 117 Å². The second-order valence-corrected chi connectivity index (χ2v) is 6.19. The van der Waals surface area contributed by atoms with Crippen LogP contribution in [0, 0.1) is 5.92 Å². The van der Waals surface area contributed by atoms with Crippen LogP contribution in [0.5, 0.6) is 0 Å². The summed E-state index contributed by atoms with van der Waals surface area (Å²) in [6.07, 6.45) is 0.658. The highest BCUT2D eigenvalue weighted by molar-refractivity contribution is 9.10. The van der Waals surface area contributed by atoms with Crippen molar-refractivity contribution in [1.29, 1.82) is 0 Å². The van der Waals surface area contributed by atoms with Crippen LogP contribution in [-0.2, 0) is 0 Å². The molecule has 100 valence electrons. The fourth-order valence-electron chi connectivity index (χ4n) is 2.53. The van der Waals surface area contributed by atoms with E-state index in [-0.39, 0.29) is 12.1 Å². The van der Waals surface area contributed by atoms with Crippen molar-refractivity contribution in [2.45, 2.75) is 32.4 Å². The maximum atomic E-state index is 9.81. The van der Waals surface area contributed by atoms with Crippen molar-refractivity contribution in [1.82, 2.24) is 0 Å². The molecule has 0 aliphatic carbocycles. The zero-order valence-electron chi connectivity index (χ0n) is 10.9. The van der Waals surface area contributed by atoms with Gasteiger partial charge in [0.2, 0.25) is 0 Å². The third-order valence-electron chi connectivity index (χ3n) is 3.68. The standard InChI is InChI=1S/C14H21BrN2O/c1-9-8-17(6-5-14(9)18)13-4-3-11(15)7-12(13)10(2)16/h3-4,7,9-10,14,18H,5-6,8,16H2,1-2H3. The summed E-state index contributed by atoms with van der Waals surface area (Å²) in [4.78, 5) is 2.34. The van der Waals surface area contributed by atoms with Gasteiger partial charge in [0.25, 0.3) is 0 Å². The maximum absolute atomic E-state index is 9.81. The highest BCUT2D eigenvalue weighted by Crippen LogP contribution is 2.31. The molecule has 1 aliphatic rings. The SMILES string of the molecule is CC(N)c1cc(Br)ccc1N1CCC(O)C(C)C1. The number of benzene rings is 1. The van der Waals surface area contributed by atoms with Crippen molar-refractivity contribution in [3.8, 4) is 0 Å². The second kappa shape index (κ2) is 5.59. The molecule has 0 bridgehead atoms. The van der Waals surface area contributed by atoms with Gasteiger partial charge >= 0.3 is 0 Å². The van der Waals surface area contributed by atoms with Crippen LogP contribution in [-0.4, -0.2) is 24.3 Å². The molecule has 2 rings (SSSR count). The first-order chi connectivity index (χ1) is 8.49. The Hall–Kier alpha value is -0.580. The molecule has 1 aliphatic heterocycles. The number of nitrogens with zero attached hydrogens (tertiary/aromatic N) is 1. The Kier molecular flexibility index (Phi) is 4.30. The summed E-state index contributed by atoms with van der Waals surface area (Å²) in [5, 5.41) is 9.81. The van der Waals surface area contributed by atoms with Crippen LogP contribution >= 0.6 is 15.9 Å². The van der Waals surface area contributed by atoms with E-state index in [2.05, 4.69) is 46.0 Å². The predicted octanol–water partition coefficient (Wildman–Crippen LogP) is 2.68. The number of halogens is 1. The summed E-state index contributed by atoms with van der Waals surface area (Å²) < 4.78 is 1.06. The fourth-order valence-corrected chi connectivity index (χ4v) is 2.91. The van der Waals surface area contributed by atoms with Crippen molar-refractivity contribution in [3.05, 3.63) is 28.2 Å². The minimum absolute atomic E-state index is 0.0136. The molecule has 0 saturated carbocycles. The van der Waals surface area contributed by atoms with Crippen molar-refractivity contribution in [2.24, 2.45) is 11.7 Å². The van der Waals surface area contributed by atoms with Crippen LogP contribution < -0.4 is 10.6 Å². The average Bonchev–Trinajstić information content (AvgIpc) is 2.32. The lowest BCUT2D eigenvalue weighted by Gasteiger charge is -2.37. The van der Waals surface area contributed by atoms with Crippen LogP contribution in [0.2, 0.25) is 0 Å². The first-order valence-corrected chi connectivity index (χ1v) is 7.26. The summed E-state index contributed by atoms with van der Waals surface area (Å²) in [5.74, 6) is 0.309. The maximum Gasteiger partial charge on any atom is 0.0599 e. The van der Waals surface area contributed by atoms with E-state index in [1.54, 1.807) is 0 Å². The molecule has 0 aromatic heterocycles. The smallest absolute Gasteiger partial charge is 0.0599 e. The molecule has 18 heavy (non-hydrogen) atoms. The molecule has 0 radical (unpaired) electrons. The summed E-state index contributed by atoms with van der Waals surface area (Å²) >= 11 is 3.50. The lowest BCUT2D eigenvalue weighted by atomic mass is 9.95. The van der Waals surface area contributed by atoms with Gasteiger partial charge in [0.15, 0.2) is 0 Å². The van der Waals surface area contributed by atoms with Gasteiger partial charge in [-0.2, -0.15) is 0 Å². The summed E-state index contributed by atoms with van der Waals surface area (Å²) in [5.41, 5.74) is 8.42. The molecule has 0 spiro atoms. The van der Waals surface area contributed by atoms with Gasteiger partial charge in [-0.3, -0.25) is 0 Å². The first-order valence-electron chi connectivity index (χ1n) is 6.47. The molecule has 1 saturated heterocycles. The highest BCUT2D eigenvalue weighted by Gasteiger charge is 2.25. The molecule has 3 N–H and O–H groups in total. The Morgan fingerprint density at radius 2 is 2.22 bits per heavy atom. The zero-order valence-corrected chi connectivity index (χ0v) is 12.5. The number of hydrogen-bond donors (Lipinski definition) is 2. The van der Waals surface area contributed by atoms with Gasteiger partial charge < -0.3 is 15.7 Å². The number of piperidine rings is 1. The fraction of sp³-hybridized carbons (Fsp3) is 0.571. The largest absolute Gasteiger partial charge is 0.393 e. The van der Waals surface area contributed by atoms with Gasteiger partial charge in [-0.25, -0.2) is 0 Å². The van der Waals surface area contributed by atoms with E-state index < -0.39 is 0 Å². The third-order valence-corrected chi connectivity index (χ3v) is 4.17. The Bertz CT molecular complexity index is 422. The van der Waals surface area contributed by atoms with Gasteiger partial charge in [0, 0.05) is 29.3 Å². The Balaban J connectivity index is 2.28. The van der Waals surface area contributed by atoms with Crippen LogP contribution in [0.25, 0.3) is 0 Å². The van der Waals surface area contributed by atoms with Crippen LogP contribution in [0.15, 0.2) is 22.7 Å².